The lowest BCUT2D eigenvalue weighted by molar-refractivity contribution is 0.145. The predicted molar refractivity (Wildman–Crippen MR) is 36.4 cm³/mol. The predicted octanol–water partition coefficient (Wildman–Crippen LogP) is 1.59. The van der Waals surface area contributed by atoms with E-state index in [0.717, 1.165) is 6.33 Å². The van der Waals surface area contributed by atoms with Crippen LogP contribution >= 0.6 is 0 Å². The average Bonchev–Trinajstić information content (AvgIpc) is 2.03. The van der Waals surface area contributed by atoms with Crippen LogP contribution in [0, 0.1) is 18.3 Å². The van der Waals surface area contributed by atoms with Gasteiger partial charge in [-0.3, -0.25) is 0 Å². The number of nitrogens with zero attached hydrogens (tertiary/aromatic N) is 3. The SMILES string of the molecule is Cc1ncnc(C(F)F)c1C#N. The molecule has 1 aromatic rings. The van der Waals surface area contributed by atoms with E-state index in [1.165, 1.54) is 6.92 Å². The molecule has 0 aliphatic carbocycles. The molecule has 1 heterocycles. The van der Waals surface area contributed by atoms with Crippen molar-refractivity contribution < 1.29 is 8.78 Å². The smallest absolute Gasteiger partial charge is 0.240 e. The van der Waals surface area contributed by atoms with Gasteiger partial charge in [-0.2, -0.15) is 5.26 Å². The fourth-order valence-corrected chi connectivity index (χ4v) is 0.796. The Hall–Kier alpha value is -1.57. The number of hydrogen-bond donors (Lipinski definition) is 0. The van der Waals surface area contributed by atoms with E-state index in [1.54, 1.807) is 6.07 Å². The lowest BCUT2D eigenvalue weighted by Crippen LogP contribution is -1.99. The molecule has 3 nitrogen and oxygen atoms in total. The van der Waals surface area contributed by atoms with E-state index in [-0.39, 0.29) is 11.3 Å². The summed E-state index contributed by atoms with van der Waals surface area (Å²) < 4.78 is 24.3. The molecule has 0 fully saturated rings. The van der Waals surface area contributed by atoms with Gasteiger partial charge in [0.25, 0.3) is 6.43 Å². The van der Waals surface area contributed by atoms with E-state index in [9.17, 15) is 8.78 Å². The van der Waals surface area contributed by atoms with Gasteiger partial charge in [0.2, 0.25) is 0 Å². The van der Waals surface area contributed by atoms with Crippen molar-refractivity contribution in [2.75, 3.05) is 0 Å². The molecule has 0 aliphatic rings. The van der Waals surface area contributed by atoms with Gasteiger partial charge in [-0.1, -0.05) is 0 Å². The molecule has 0 unspecified atom stereocenters. The van der Waals surface area contributed by atoms with Crippen LogP contribution < -0.4 is 0 Å². The average molecular weight is 169 g/mol. The van der Waals surface area contributed by atoms with Gasteiger partial charge < -0.3 is 0 Å². The zero-order chi connectivity index (χ0) is 9.14. The molecule has 12 heavy (non-hydrogen) atoms. The summed E-state index contributed by atoms with van der Waals surface area (Å²) in [6, 6.07) is 1.64. The van der Waals surface area contributed by atoms with Crippen molar-refractivity contribution in [2.24, 2.45) is 0 Å². The highest BCUT2D eigenvalue weighted by atomic mass is 19.3. The quantitative estimate of drug-likeness (QED) is 0.641. The van der Waals surface area contributed by atoms with Crippen LogP contribution in [-0.2, 0) is 0 Å². The topological polar surface area (TPSA) is 49.6 Å². The number of nitriles is 1. The standard InChI is InChI=1S/C7H5F2N3/c1-4-5(2-10)6(7(8)9)12-3-11-4/h3,7H,1H3. The van der Waals surface area contributed by atoms with E-state index in [4.69, 9.17) is 5.26 Å². The Bertz CT molecular complexity index is 330. The molecule has 0 N–H and O–H groups in total. The Kier molecular flexibility index (Phi) is 2.29. The lowest BCUT2D eigenvalue weighted by Gasteiger charge is -2.01. The zero-order valence-electron chi connectivity index (χ0n) is 6.25. The van der Waals surface area contributed by atoms with Crippen molar-refractivity contribution in [3.8, 4) is 6.07 Å². The minimum atomic E-state index is -2.72. The van der Waals surface area contributed by atoms with Gasteiger partial charge >= 0.3 is 0 Å². The zero-order valence-corrected chi connectivity index (χ0v) is 6.25. The third-order valence-electron chi connectivity index (χ3n) is 1.38. The van der Waals surface area contributed by atoms with Crippen molar-refractivity contribution in [1.82, 2.24) is 9.97 Å². The van der Waals surface area contributed by atoms with Gasteiger partial charge in [0, 0.05) is 0 Å². The van der Waals surface area contributed by atoms with Gasteiger partial charge in [-0.15, -0.1) is 0 Å². The molecule has 0 radical (unpaired) electrons. The van der Waals surface area contributed by atoms with E-state index < -0.39 is 12.1 Å². The van der Waals surface area contributed by atoms with Gasteiger partial charge in [-0.25, -0.2) is 18.7 Å². The monoisotopic (exact) mass is 169 g/mol. The first-order chi connectivity index (χ1) is 5.66. The number of halogens is 2. The fraction of sp³-hybridized carbons (Fsp3) is 0.286. The Balaban J connectivity index is 3.30. The number of aromatic nitrogens is 2. The minimum Gasteiger partial charge on any atom is -0.240 e. The summed E-state index contributed by atoms with van der Waals surface area (Å²) in [6.07, 6.45) is -1.70. The van der Waals surface area contributed by atoms with Crippen molar-refractivity contribution >= 4 is 0 Å². The van der Waals surface area contributed by atoms with E-state index in [0.29, 0.717) is 0 Å². The van der Waals surface area contributed by atoms with Crippen LogP contribution in [0.3, 0.4) is 0 Å². The molecule has 62 valence electrons. The van der Waals surface area contributed by atoms with Crippen LogP contribution in [-0.4, -0.2) is 9.97 Å². The van der Waals surface area contributed by atoms with E-state index in [2.05, 4.69) is 9.97 Å². The summed E-state index contributed by atoms with van der Waals surface area (Å²) in [5.74, 6) is 0. The third kappa shape index (κ3) is 1.37. The second-order valence-electron chi connectivity index (χ2n) is 2.13. The summed E-state index contributed by atoms with van der Waals surface area (Å²) in [4.78, 5) is 6.95. The molecule has 0 spiro atoms. The summed E-state index contributed by atoms with van der Waals surface area (Å²) >= 11 is 0. The number of aryl methyl sites for hydroxylation is 1. The second kappa shape index (κ2) is 3.22. The summed E-state index contributed by atoms with van der Waals surface area (Å²) in [5.41, 5.74) is -0.347. The molecule has 0 aliphatic heterocycles. The van der Waals surface area contributed by atoms with Crippen molar-refractivity contribution in [3.05, 3.63) is 23.3 Å². The Morgan fingerprint density at radius 2 is 2.17 bits per heavy atom. The van der Waals surface area contributed by atoms with Gasteiger partial charge in [0.05, 0.1) is 5.69 Å². The third-order valence-corrected chi connectivity index (χ3v) is 1.38. The van der Waals surface area contributed by atoms with Crippen LogP contribution in [0.1, 0.15) is 23.4 Å². The van der Waals surface area contributed by atoms with Crippen LogP contribution in [0.4, 0.5) is 8.78 Å². The fourth-order valence-electron chi connectivity index (χ4n) is 0.796. The first kappa shape index (κ1) is 8.53. The molecule has 0 amide bonds. The first-order valence-corrected chi connectivity index (χ1v) is 3.16. The highest BCUT2D eigenvalue weighted by molar-refractivity contribution is 5.36. The number of rotatable bonds is 1. The normalized spacial score (nSPS) is 9.92. The summed E-state index contributed by atoms with van der Waals surface area (Å²) in [7, 11) is 0. The van der Waals surface area contributed by atoms with Crippen molar-refractivity contribution in [3.63, 3.8) is 0 Å². The molecule has 5 heteroatoms. The molecule has 0 saturated heterocycles. The molecule has 0 saturated carbocycles. The second-order valence-corrected chi connectivity index (χ2v) is 2.13. The molecule has 0 bridgehead atoms. The molecule has 1 rings (SSSR count). The number of hydrogen-bond acceptors (Lipinski definition) is 3. The maximum Gasteiger partial charge on any atom is 0.281 e. The lowest BCUT2D eigenvalue weighted by atomic mass is 10.2. The summed E-state index contributed by atoms with van der Waals surface area (Å²) in [5, 5.41) is 8.48. The highest BCUT2D eigenvalue weighted by Crippen LogP contribution is 2.20. The van der Waals surface area contributed by atoms with Crippen LogP contribution in [0.25, 0.3) is 0 Å². The maximum absolute atomic E-state index is 12.2. The van der Waals surface area contributed by atoms with Crippen molar-refractivity contribution in [1.29, 1.82) is 5.26 Å². The molecule has 0 aromatic carbocycles. The van der Waals surface area contributed by atoms with E-state index >= 15 is 0 Å². The van der Waals surface area contributed by atoms with Crippen LogP contribution in [0.15, 0.2) is 6.33 Å². The van der Waals surface area contributed by atoms with Gasteiger partial charge in [-0.05, 0) is 6.92 Å². The van der Waals surface area contributed by atoms with Crippen LogP contribution in [0.5, 0.6) is 0 Å². The molecule has 0 atom stereocenters. The Morgan fingerprint density at radius 1 is 1.50 bits per heavy atom. The number of alkyl halides is 2. The molecular formula is C7H5F2N3. The molecular weight excluding hydrogens is 164 g/mol. The summed E-state index contributed by atoms with van der Waals surface area (Å²) in [6.45, 7) is 1.49. The molecule has 1 aromatic heterocycles. The van der Waals surface area contributed by atoms with Crippen LogP contribution in [0.2, 0.25) is 0 Å². The van der Waals surface area contributed by atoms with Crippen molar-refractivity contribution in [2.45, 2.75) is 13.3 Å². The Morgan fingerprint density at radius 3 is 2.58 bits per heavy atom. The highest BCUT2D eigenvalue weighted by Gasteiger charge is 2.16. The largest absolute Gasteiger partial charge is 0.281 e. The maximum atomic E-state index is 12.2. The van der Waals surface area contributed by atoms with Gasteiger partial charge in [0.1, 0.15) is 23.7 Å². The van der Waals surface area contributed by atoms with E-state index in [1.807, 2.05) is 0 Å². The Labute approximate surface area is 67.7 Å². The minimum absolute atomic E-state index is 0.132. The van der Waals surface area contributed by atoms with Gasteiger partial charge in [0.15, 0.2) is 0 Å². The first-order valence-electron chi connectivity index (χ1n) is 3.16.